The van der Waals surface area contributed by atoms with Gasteiger partial charge in [0, 0.05) is 31.0 Å². The minimum Gasteiger partial charge on any atom is -0.313 e. The lowest BCUT2D eigenvalue weighted by Gasteiger charge is -2.29. The summed E-state index contributed by atoms with van der Waals surface area (Å²) in [5.41, 5.74) is 4.44. The molecule has 0 radical (unpaired) electrons. The maximum atomic E-state index is 4.33. The fraction of sp³-hybridized carbons (Fsp3) is 0.476. The monoisotopic (exact) mass is 321 g/mol. The van der Waals surface area contributed by atoms with Crippen LogP contribution < -0.4 is 5.32 Å². The summed E-state index contributed by atoms with van der Waals surface area (Å²) in [5, 5.41) is 3.88. The lowest BCUT2D eigenvalue weighted by atomic mass is 9.87. The minimum absolute atomic E-state index is 0.502. The first-order valence-corrected chi connectivity index (χ1v) is 9.21. The molecule has 2 aromatic rings. The van der Waals surface area contributed by atoms with Crippen LogP contribution in [-0.4, -0.2) is 36.1 Å². The van der Waals surface area contributed by atoms with Gasteiger partial charge in [-0.15, -0.1) is 0 Å². The van der Waals surface area contributed by atoms with E-state index in [4.69, 9.17) is 0 Å². The highest BCUT2D eigenvalue weighted by molar-refractivity contribution is 5.30. The largest absolute Gasteiger partial charge is 0.313 e. The van der Waals surface area contributed by atoms with Gasteiger partial charge < -0.3 is 5.32 Å². The molecule has 1 saturated heterocycles. The van der Waals surface area contributed by atoms with E-state index in [1.165, 1.54) is 43.4 Å². The van der Waals surface area contributed by atoms with E-state index in [-0.39, 0.29) is 0 Å². The molecule has 2 aliphatic rings. The molecular weight excluding hydrogens is 294 g/mol. The number of hydrogen-bond donors (Lipinski definition) is 1. The lowest BCUT2D eigenvalue weighted by Crippen LogP contribution is -2.38. The van der Waals surface area contributed by atoms with E-state index in [2.05, 4.69) is 58.6 Å². The van der Waals surface area contributed by atoms with Gasteiger partial charge in [0.25, 0.3) is 0 Å². The standard InChI is InChI=1S/C21H27N3/c1-24-12-10-19(21(24)18-7-4-11-22-14-18)15-23-20-9-8-16-5-2-3-6-17(16)13-20/h2-7,11,14,19-21,23H,8-10,12-13,15H2,1H3/t19-,20?,21-/m0/s1. The molecule has 3 nitrogen and oxygen atoms in total. The Labute approximate surface area is 145 Å². The molecule has 0 spiro atoms. The normalized spacial score (nSPS) is 27.1. The van der Waals surface area contributed by atoms with E-state index in [0.717, 1.165) is 6.54 Å². The Kier molecular flexibility index (Phi) is 4.63. The SMILES string of the molecule is CN1CC[C@@H](CNC2CCc3ccccc3C2)[C@@H]1c1cccnc1. The molecular formula is C21H27N3. The van der Waals surface area contributed by atoms with Crippen molar-refractivity contribution in [2.45, 2.75) is 37.8 Å². The summed E-state index contributed by atoms with van der Waals surface area (Å²) >= 11 is 0. The van der Waals surface area contributed by atoms with E-state index < -0.39 is 0 Å². The zero-order chi connectivity index (χ0) is 16.4. The first-order valence-electron chi connectivity index (χ1n) is 9.21. The molecule has 1 fully saturated rings. The Bertz CT molecular complexity index is 670. The fourth-order valence-electron chi connectivity index (χ4n) is 4.51. The van der Waals surface area contributed by atoms with Crippen LogP contribution in [0.1, 0.15) is 35.6 Å². The van der Waals surface area contributed by atoms with Crippen molar-refractivity contribution in [3.8, 4) is 0 Å². The lowest BCUT2D eigenvalue weighted by molar-refractivity contribution is 0.265. The quantitative estimate of drug-likeness (QED) is 0.937. The molecule has 1 N–H and O–H groups in total. The molecule has 1 aromatic carbocycles. The van der Waals surface area contributed by atoms with Gasteiger partial charge in [-0.25, -0.2) is 0 Å². The summed E-state index contributed by atoms with van der Waals surface area (Å²) in [4.78, 5) is 6.81. The third-order valence-corrected chi connectivity index (χ3v) is 5.82. The predicted molar refractivity (Wildman–Crippen MR) is 98.0 cm³/mol. The van der Waals surface area contributed by atoms with Crippen LogP contribution in [-0.2, 0) is 12.8 Å². The minimum atomic E-state index is 0.502. The van der Waals surface area contributed by atoms with Crippen LogP contribution in [0.4, 0.5) is 0 Å². The zero-order valence-electron chi connectivity index (χ0n) is 14.5. The Morgan fingerprint density at radius 1 is 1.12 bits per heavy atom. The van der Waals surface area contributed by atoms with Crippen molar-refractivity contribution in [2.75, 3.05) is 20.1 Å². The Morgan fingerprint density at radius 2 is 2.00 bits per heavy atom. The number of aromatic nitrogens is 1. The van der Waals surface area contributed by atoms with Gasteiger partial charge in [-0.3, -0.25) is 9.88 Å². The molecule has 4 rings (SSSR count). The molecule has 0 amide bonds. The number of rotatable bonds is 4. The fourth-order valence-corrected chi connectivity index (χ4v) is 4.51. The smallest absolute Gasteiger partial charge is 0.0401 e. The summed E-state index contributed by atoms with van der Waals surface area (Å²) in [6.07, 6.45) is 8.83. The molecule has 1 aromatic heterocycles. The number of hydrogen-bond acceptors (Lipinski definition) is 3. The van der Waals surface area contributed by atoms with Crippen molar-refractivity contribution in [3.05, 3.63) is 65.5 Å². The van der Waals surface area contributed by atoms with Crippen LogP contribution in [0, 0.1) is 5.92 Å². The number of likely N-dealkylation sites (tertiary alicyclic amines) is 1. The summed E-state index contributed by atoms with van der Waals surface area (Å²) in [6, 6.07) is 14.3. The summed E-state index contributed by atoms with van der Waals surface area (Å²) < 4.78 is 0. The van der Waals surface area contributed by atoms with Gasteiger partial charge in [0.2, 0.25) is 0 Å². The molecule has 0 saturated carbocycles. The maximum absolute atomic E-state index is 4.33. The van der Waals surface area contributed by atoms with Gasteiger partial charge in [-0.05, 0) is 68.0 Å². The van der Waals surface area contributed by atoms with Crippen LogP contribution >= 0.6 is 0 Å². The van der Waals surface area contributed by atoms with Crippen LogP contribution in [0.25, 0.3) is 0 Å². The molecule has 0 bridgehead atoms. The van der Waals surface area contributed by atoms with Gasteiger partial charge in [-0.2, -0.15) is 0 Å². The average Bonchev–Trinajstić information content (AvgIpc) is 3.01. The zero-order valence-corrected chi connectivity index (χ0v) is 14.5. The second-order valence-electron chi connectivity index (χ2n) is 7.38. The summed E-state index contributed by atoms with van der Waals surface area (Å²) in [5.74, 6) is 0.677. The average molecular weight is 321 g/mol. The van der Waals surface area contributed by atoms with E-state index in [1.54, 1.807) is 5.56 Å². The Hall–Kier alpha value is -1.71. The highest BCUT2D eigenvalue weighted by Crippen LogP contribution is 2.35. The second kappa shape index (κ2) is 7.04. The van der Waals surface area contributed by atoms with Gasteiger partial charge >= 0.3 is 0 Å². The highest BCUT2D eigenvalue weighted by Gasteiger charge is 2.33. The number of benzene rings is 1. The van der Waals surface area contributed by atoms with Crippen LogP contribution in [0.5, 0.6) is 0 Å². The van der Waals surface area contributed by atoms with E-state index in [0.29, 0.717) is 18.0 Å². The van der Waals surface area contributed by atoms with Crippen LogP contribution in [0.15, 0.2) is 48.8 Å². The summed E-state index contributed by atoms with van der Waals surface area (Å²) in [7, 11) is 2.24. The Morgan fingerprint density at radius 3 is 2.83 bits per heavy atom. The number of nitrogens with one attached hydrogen (secondary N) is 1. The van der Waals surface area contributed by atoms with Crippen molar-refractivity contribution in [3.63, 3.8) is 0 Å². The van der Waals surface area contributed by atoms with E-state index in [9.17, 15) is 0 Å². The van der Waals surface area contributed by atoms with Crippen molar-refractivity contribution >= 4 is 0 Å². The number of aryl methyl sites for hydroxylation is 1. The molecule has 2 heterocycles. The van der Waals surface area contributed by atoms with Crippen molar-refractivity contribution in [2.24, 2.45) is 5.92 Å². The summed E-state index contributed by atoms with van der Waals surface area (Å²) in [6.45, 7) is 2.29. The van der Waals surface area contributed by atoms with Crippen molar-refractivity contribution in [1.82, 2.24) is 15.2 Å². The highest BCUT2D eigenvalue weighted by atomic mass is 15.2. The molecule has 24 heavy (non-hydrogen) atoms. The molecule has 1 unspecified atom stereocenters. The molecule has 3 atom stereocenters. The van der Waals surface area contributed by atoms with Gasteiger partial charge in [-0.1, -0.05) is 30.3 Å². The second-order valence-corrected chi connectivity index (χ2v) is 7.38. The van der Waals surface area contributed by atoms with Gasteiger partial charge in [0.1, 0.15) is 0 Å². The number of fused-ring (bicyclic) bond motifs is 1. The van der Waals surface area contributed by atoms with Gasteiger partial charge in [0.05, 0.1) is 0 Å². The van der Waals surface area contributed by atoms with Gasteiger partial charge in [0.15, 0.2) is 0 Å². The molecule has 126 valence electrons. The third kappa shape index (κ3) is 3.24. The molecule has 3 heteroatoms. The number of nitrogens with zero attached hydrogens (tertiary/aromatic N) is 2. The van der Waals surface area contributed by atoms with Crippen molar-refractivity contribution < 1.29 is 0 Å². The third-order valence-electron chi connectivity index (χ3n) is 5.82. The van der Waals surface area contributed by atoms with Crippen LogP contribution in [0.2, 0.25) is 0 Å². The van der Waals surface area contributed by atoms with Crippen LogP contribution in [0.3, 0.4) is 0 Å². The molecule has 1 aliphatic carbocycles. The van der Waals surface area contributed by atoms with E-state index in [1.807, 2.05) is 12.4 Å². The van der Waals surface area contributed by atoms with Crippen molar-refractivity contribution in [1.29, 1.82) is 0 Å². The topological polar surface area (TPSA) is 28.2 Å². The predicted octanol–water partition coefficient (Wildman–Crippen LogP) is 3.22. The number of pyridine rings is 1. The Balaban J connectivity index is 1.39. The maximum Gasteiger partial charge on any atom is 0.0401 e. The molecule has 1 aliphatic heterocycles. The first-order chi connectivity index (χ1) is 11.8. The van der Waals surface area contributed by atoms with E-state index >= 15 is 0 Å². The first kappa shape index (κ1) is 15.8.